The number of carbonyl (C=O) groups excluding carboxylic acids is 2. The average molecular weight is 516 g/mol. The number of anilines is 1. The van der Waals surface area contributed by atoms with E-state index in [0.717, 1.165) is 28.8 Å². The molecule has 1 aliphatic rings. The van der Waals surface area contributed by atoms with Gasteiger partial charge in [-0.2, -0.15) is 5.26 Å². The number of hydrogen-bond donors (Lipinski definition) is 3. The molecule has 1 aromatic carbocycles. The highest BCUT2D eigenvalue weighted by Gasteiger charge is 2.30. The fourth-order valence-electron chi connectivity index (χ4n) is 4.54. The number of likely N-dealkylation sites (tertiary alicyclic amines) is 1. The molecule has 1 aliphatic heterocycles. The van der Waals surface area contributed by atoms with Crippen LogP contribution in [0.5, 0.6) is 0 Å². The third-order valence-electron chi connectivity index (χ3n) is 6.26. The summed E-state index contributed by atoms with van der Waals surface area (Å²) in [4.78, 5) is 33.9. The van der Waals surface area contributed by atoms with E-state index in [1.54, 1.807) is 23.1 Å². The van der Waals surface area contributed by atoms with Gasteiger partial charge in [-0.1, -0.05) is 32.1 Å². The highest BCUT2D eigenvalue weighted by atomic mass is 32.1. The summed E-state index contributed by atoms with van der Waals surface area (Å²) in [6.07, 6.45) is 5.60. The zero-order valence-corrected chi connectivity index (χ0v) is 21.6. The first-order valence-electron chi connectivity index (χ1n) is 12.2. The number of carbonyl (C=O) groups is 2. The zero-order chi connectivity index (χ0) is 26.5. The van der Waals surface area contributed by atoms with Gasteiger partial charge in [0.2, 0.25) is 5.95 Å². The number of hydrogen-bond acceptors (Lipinski definition) is 7. The van der Waals surface area contributed by atoms with Crippen LogP contribution in [0.4, 0.5) is 5.95 Å². The second kappa shape index (κ2) is 11.3. The molecule has 2 amide bonds. The molecule has 1 unspecified atom stereocenters. The maximum absolute atomic E-state index is 13.2. The van der Waals surface area contributed by atoms with Gasteiger partial charge in [0.1, 0.15) is 11.6 Å². The maximum atomic E-state index is 13.2. The topological polar surface area (TPSA) is 139 Å². The number of nitrogens with one attached hydrogen (secondary N) is 3. The molecule has 37 heavy (non-hydrogen) atoms. The molecule has 1 atom stereocenters. The van der Waals surface area contributed by atoms with Crippen LogP contribution in [0, 0.1) is 28.1 Å². The first kappa shape index (κ1) is 26.0. The monoisotopic (exact) mass is 515 g/mol. The highest BCUT2D eigenvalue weighted by Crippen LogP contribution is 2.32. The molecule has 0 bridgehead atoms. The number of aromatic nitrogens is 2. The number of thiophene rings is 1. The number of nitriles is 1. The van der Waals surface area contributed by atoms with E-state index in [1.165, 1.54) is 23.8 Å². The molecule has 190 valence electrons. The van der Waals surface area contributed by atoms with Crippen molar-refractivity contribution in [2.75, 3.05) is 18.4 Å². The molecule has 3 heterocycles. The Balaban J connectivity index is 1.63. The minimum Gasteiger partial charge on any atom is -0.336 e. The predicted octanol–water partition coefficient (Wildman–Crippen LogP) is 5.00. The van der Waals surface area contributed by atoms with Crippen LogP contribution in [0.1, 0.15) is 53.2 Å². The lowest BCUT2D eigenvalue weighted by molar-refractivity contribution is -0.128. The van der Waals surface area contributed by atoms with Crippen LogP contribution in [-0.2, 0) is 4.79 Å². The van der Waals surface area contributed by atoms with Crippen molar-refractivity contribution in [2.24, 2.45) is 5.92 Å². The van der Waals surface area contributed by atoms with Crippen molar-refractivity contribution in [3.8, 4) is 6.07 Å². The number of amides is 2. The van der Waals surface area contributed by atoms with Gasteiger partial charge in [0.25, 0.3) is 11.8 Å². The van der Waals surface area contributed by atoms with Crippen LogP contribution in [-0.4, -0.2) is 51.8 Å². The smallest absolute Gasteiger partial charge is 0.268 e. The normalized spacial score (nSPS) is 16.9. The summed E-state index contributed by atoms with van der Waals surface area (Å²) in [5.74, 6) is -0.560. The van der Waals surface area contributed by atoms with Gasteiger partial charge in [-0.05, 0) is 43.0 Å². The largest absolute Gasteiger partial charge is 0.336 e. The molecule has 1 fully saturated rings. The number of rotatable bonds is 8. The molecule has 3 aromatic rings. The summed E-state index contributed by atoms with van der Waals surface area (Å²) in [6.45, 7) is 4.84. The van der Waals surface area contributed by atoms with E-state index in [-0.39, 0.29) is 29.3 Å². The highest BCUT2D eigenvalue weighted by molar-refractivity contribution is 7.14. The summed E-state index contributed by atoms with van der Waals surface area (Å²) in [7, 11) is 0. The van der Waals surface area contributed by atoms with Gasteiger partial charge >= 0.3 is 0 Å². The molecule has 0 radical (unpaired) electrons. The second-order valence-corrected chi connectivity index (χ2v) is 10.4. The van der Waals surface area contributed by atoms with Gasteiger partial charge in [-0.15, -0.1) is 11.3 Å². The number of imidazole rings is 1. The van der Waals surface area contributed by atoms with E-state index in [2.05, 4.69) is 16.4 Å². The van der Waals surface area contributed by atoms with E-state index < -0.39 is 5.92 Å². The maximum Gasteiger partial charge on any atom is 0.268 e. The molecule has 1 saturated heterocycles. The Bertz CT molecular complexity index is 1400. The number of fused-ring (bicyclic) bond motifs is 1. The van der Waals surface area contributed by atoms with Gasteiger partial charge in [-0.25, -0.2) is 4.98 Å². The Morgan fingerprint density at radius 3 is 2.68 bits per heavy atom. The Labute approximate surface area is 219 Å². The van der Waals surface area contributed by atoms with Gasteiger partial charge in [0.15, 0.2) is 0 Å². The summed E-state index contributed by atoms with van der Waals surface area (Å²) in [5, 5.41) is 27.4. The van der Waals surface area contributed by atoms with E-state index in [0.29, 0.717) is 23.9 Å². The fourth-order valence-corrected chi connectivity index (χ4v) is 5.48. The molecular formula is C27H29N7O2S. The third kappa shape index (κ3) is 5.52. The van der Waals surface area contributed by atoms with Gasteiger partial charge < -0.3 is 20.3 Å². The Kier molecular flexibility index (Phi) is 7.94. The fraction of sp³-hybridized carbons (Fsp3) is 0.333. The lowest BCUT2D eigenvalue weighted by Gasteiger charge is -2.34. The molecular weight excluding hydrogens is 486 g/mol. The summed E-state index contributed by atoms with van der Waals surface area (Å²) in [5.41, 5.74) is 1.74. The van der Waals surface area contributed by atoms with Crippen LogP contribution in [0.2, 0.25) is 0 Å². The average Bonchev–Trinajstić information content (AvgIpc) is 3.53. The summed E-state index contributed by atoms with van der Waals surface area (Å²) >= 11 is 1.24. The van der Waals surface area contributed by atoms with Crippen LogP contribution >= 0.6 is 11.3 Å². The van der Waals surface area contributed by atoms with E-state index in [9.17, 15) is 14.9 Å². The SMILES string of the molecule is CC(C)C=C(C#N)C(=O)N1CCCC(n2c(NC(=O)c3ccc(C(C=N)C=N)s3)nc3ccccc32)C1. The third-order valence-corrected chi connectivity index (χ3v) is 7.44. The van der Waals surface area contributed by atoms with Crippen molar-refractivity contribution >= 4 is 52.6 Å². The van der Waals surface area contributed by atoms with Gasteiger partial charge in [0.05, 0.1) is 27.9 Å². The lowest BCUT2D eigenvalue weighted by atomic mass is 10.0. The number of para-hydroxylation sites is 2. The summed E-state index contributed by atoms with van der Waals surface area (Å²) < 4.78 is 1.98. The quantitative estimate of drug-likeness (QED) is 0.221. The Morgan fingerprint density at radius 2 is 1.97 bits per heavy atom. The molecule has 10 heteroatoms. The standard InChI is InChI=1S/C27H29N7O2S/c1-17(2)12-18(13-28)26(36)33-11-5-6-20(16-33)34-22-8-4-3-7-21(22)31-27(34)32-25(35)24-10-9-23(37-24)19(14-29)15-30/h3-4,7-10,12,14-15,17,19-20,29-30H,5-6,11,16H2,1-2H3,(H,31,32,35). The molecule has 0 spiro atoms. The molecule has 3 N–H and O–H groups in total. The minimum atomic E-state index is -0.454. The van der Waals surface area contributed by atoms with Crippen molar-refractivity contribution in [2.45, 2.75) is 38.6 Å². The molecule has 4 rings (SSSR count). The van der Waals surface area contributed by atoms with Crippen LogP contribution < -0.4 is 5.32 Å². The van der Waals surface area contributed by atoms with Gasteiger partial charge in [-0.3, -0.25) is 14.9 Å². The molecule has 0 aliphatic carbocycles. The zero-order valence-electron chi connectivity index (χ0n) is 20.8. The van der Waals surface area contributed by atoms with Crippen LogP contribution in [0.25, 0.3) is 11.0 Å². The van der Waals surface area contributed by atoms with Gasteiger partial charge in [0, 0.05) is 30.4 Å². The molecule has 0 saturated carbocycles. The first-order chi connectivity index (χ1) is 17.9. The molecule has 2 aromatic heterocycles. The Morgan fingerprint density at radius 1 is 1.22 bits per heavy atom. The van der Waals surface area contributed by atoms with Crippen LogP contribution in [0.15, 0.2) is 48.0 Å². The van der Waals surface area contributed by atoms with E-state index >= 15 is 0 Å². The first-order valence-corrected chi connectivity index (χ1v) is 13.0. The number of piperidine rings is 1. The van der Waals surface area contributed by atoms with E-state index in [4.69, 9.17) is 10.8 Å². The Hall–Kier alpha value is -4.10. The number of allylic oxidation sites excluding steroid dienone is 1. The van der Waals surface area contributed by atoms with Crippen LogP contribution in [0.3, 0.4) is 0 Å². The minimum absolute atomic E-state index is 0.0876. The second-order valence-electron chi connectivity index (χ2n) is 9.29. The van der Waals surface area contributed by atoms with Crippen molar-refractivity contribution in [3.63, 3.8) is 0 Å². The molecule has 9 nitrogen and oxygen atoms in total. The van der Waals surface area contributed by atoms with Crippen molar-refractivity contribution in [1.82, 2.24) is 14.5 Å². The summed E-state index contributed by atoms with van der Waals surface area (Å²) in [6, 6.07) is 13.0. The van der Waals surface area contributed by atoms with E-state index in [1.807, 2.05) is 42.7 Å². The number of benzene rings is 1. The van der Waals surface area contributed by atoms with Crippen molar-refractivity contribution in [1.29, 1.82) is 16.1 Å². The number of nitrogens with zero attached hydrogens (tertiary/aromatic N) is 4. The lowest BCUT2D eigenvalue weighted by Crippen LogP contribution is -2.41. The predicted molar refractivity (Wildman–Crippen MR) is 146 cm³/mol. The van der Waals surface area contributed by atoms with Crippen molar-refractivity contribution < 1.29 is 9.59 Å². The van der Waals surface area contributed by atoms with Crippen molar-refractivity contribution in [3.05, 3.63) is 57.8 Å².